The Morgan fingerprint density at radius 2 is 1.81 bits per heavy atom. The Morgan fingerprint density at radius 3 is 2.66 bits per heavy atom. The van der Waals surface area contributed by atoms with E-state index >= 15 is 0 Å². The Morgan fingerprint density at radius 1 is 1.06 bits per heavy atom. The van der Waals surface area contributed by atoms with E-state index in [0.717, 1.165) is 21.5 Å². The van der Waals surface area contributed by atoms with Gasteiger partial charge in [-0.25, -0.2) is 4.98 Å². The maximum absolute atomic E-state index is 13.6. The number of fused-ring (bicyclic) bond motifs is 2. The second-order valence-corrected chi connectivity index (χ2v) is 8.54. The number of amides is 2. The molecule has 3 aromatic carbocycles. The molecule has 0 fully saturated rings. The van der Waals surface area contributed by atoms with Crippen LogP contribution in [0.1, 0.15) is 12.0 Å². The fourth-order valence-electron chi connectivity index (χ4n) is 3.83. The van der Waals surface area contributed by atoms with Gasteiger partial charge in [0.25, 0.3) is 5.91 Å². The summed E-state index contributed by atoms with van der Waals surface area (Å²) in [7, 11) is 0. The Hall–Kier alpha value is -3.71. The van der Waals surface area contributed by atoms with Crippen molar-refractivity contribution in [1.29, 1.82) is 0 Å². The van der Waals surface area contributed by atoms with Crippen LogP contribution in [0, 0.1) is 6.92 Å². The van der Waals surface area contributed by atoms with Crippen molar-refractivity contribution < 1.29 is 14.3 Å². The van der Waals surface area contributed by atoms with Crippen molar-refractivity contribution in [2.45, 2.75) is 13.3 Å². The van der Waals surface area contributed by atoms with E-state index in [0.29, 0.717) is 16.6 Å². The minimum atomic E-state index is -0.154. The van der Waals surface area contributed by atoms with Crippen molar-refractivity contribution in [2.75, 3.05) is 23.0 Å². The molecule has 0 radical (unpaired) electrons. The van der Waals surface area contributed by atoms with E-state index in [9.17, 15) is 9.59 Å². The highest BCUT2D eigenvalue weighted by atomic mass is 32.1. The lowest BCUT2D eigenvalue weighted by atomic mass is 10.1. The summed E-state index contributed by atoms with van der Waals surface area (Å²) in [5, 5.41) is 0.624. The van der Waals surface area contributed by atoms with Gasteiger partial charge in [0, 0.05) is 13.0 Å². The highest BCUT2D eigenvalue weighted by Gasteiger charge is 2.28. The third-order valence-corrected chi connectivity index (χ3v) is 6.46. The molecule has 6 nitrogen and oxygen atoms in total. The number of anilines is 3. The Bertz CT molecular complexity index is 1280. The van der Waals surface area contributed by atoms with E-state index in [1.54, 1.807) is 9.80 Å². The molecule has 160 valence electrons. The maximum Gasteiger partial charge on any atom is 0.265 e. The number of carbonyl (C=O) groups excluding carboxylic acids is 2. The molecule has 0 saturated carbocycles. The van der Waals surface area contributed by atoms with Crippen LogP contribution >= 0.6 is 11.3 Å². The molecule has 0 N–H and O–H groups in total. The number of hydrogen-bond donors (Lipinski definition) is 0. The number of nitrogens with zero attached hydrogens (tertiary/aromatic N) is 3. The average molecular weight is 444 g/mol. The predicted molar refractivity (Wildman–Crippen MR) is 127 cm³/mol. The van der Waals surface area contributed by atoms with E-state index in [1.165, 1.54) is 11.3 Å². The molecule has 0 saturated heterocycles. The number of thiazole rings is 1. The number of aryl methyl sites for hydroxylation is 1. The molecule has 0 aliphatic carbocycles. The number of rotatable bonds is 5. The number of carbonyl (C=O) groups is 2. The van der Waals surface area contributed by atoms with Crippen LogP contribution in [-0.2, 0) is 9.59 Å². The Balaban J connectivity index is 1.46. The first-order chi connectivity index (χ1) is 15.6. The topological polar surface area (TPSA) is 62.7 Å². The van der Waals surface area contributed by atoms with Gasteiger partial charge >= 0.3 is 0 Å². The summed E-state index contributed by atoms with van der Waals surface area (Å²) in [5.41, 5.74) is 3.33. The fourth-order valence-corrected chi connectivity index (χ4v) is 4.83. The van der Waals surface area contributed by atoms with Crippen molar-refractivity contribution in [3.05, 3.63) is 78.4 Å². The van der Waals surface area contributed by atoms with Crippen LogP contribution in [0.25, 0.3) is 10.2 Å². The summed E-state index contributed by atoms with van der Waals surface area (Å²) in [6.07, 6.45) is 0.157. The summed E-state index contributed by atoms with van der Waals surface area (Å²) in [6.45, 7) is 2.22. The molecule has 2 heterocycles. The smallest absolute Gasteiger partial charge is 0.265 e. The predicted octanol–water partition coefficient (Wildman–Crippen LogP) is 5.09. The minimum Gasteiger partial charge on any atom is -0.482 e. The van der Waals surface area contributed by atoms with Gasteiger partial charge in [-0.1, -0.05) is 53.8 Å². The molecular weight excluding hydrogens is 422 g/mol. The molecule has 0 atom stereocenters. The molecule has 0 spiro atoms. The summed E-state index contributed by atoms with van der Waals surface area (Å²) < 4.78 is 6.53. The maximum atomic E-state index is 13.6. The summed E-state index contributed by atoms with van der Waals surface area (Å²) in [6, 6.07) is 23.0. The first-order valence-corrected chi connectivity index (χ1v) is 11.2. The monoisotopic (exact) mass is 443 g/mol. The lowest BCUT2D eigenvalue weighted by Gasteiger charge is -2.30. The molecule has 0 unspecified atom stereocenters. The molecule has 4 aromatic rings. The highest BCUT2D eigenvalue weighted by Crippen LogP contribution is 2.36. The van der Waals surface area contributed by atoms with Crippen molar-refractivity contribution in [3.8, 4) is 5.75 Å². The van der Waals surface area contributed by atoms with Gasteiger partial charge in [-0.3, -0.25) is 14.5 Å². The zero-order valence-electron chi connectivity index (χ0n) is 17.5. The van der Waals surface area contributed by atoms with Gasteiger partial charge in [-0.15, -0.1) is 0 Å². The van der Waals surface area contributed by atoms with Gasteiger partial charge in [-0.2, -0.15) is 0 Å². The lowest BCUT2D eigenvalue weighted by molar-refractivity contribution is -0.121. The van der Waals surface area contributed by atoms with Crippen molar-refractivity contribution in [1.82, 2.24) is 4.98 Å². The summed E-state index contributed by atoms with van der Waals surface area (Å²) in [5.74, 6) is 0.385. The van der Waals surface area contributed by atoms with Gasteiger partial charge in [-0.05, 0) is 42.8 Å². The molecule has 0 bridgehead atoms. The van der Waals surface area contributed by atoms with Crippen LogP contribution in [0.5, 0.6) is 5.75 Å². The van der Waals surface area contributed by atoms with E-state index in [4.69, 9.17) is 9.72 Å². The van der Waals surface area contributed by atoms with Crippen LogP contribution in [0.3, 0.4) is 0 Å². The van der Waals surface area contributed by atoms with Crippen molar-refractivity contribution in [3.63, 3.8) is 0 Å². The zero-order chi connectivity index (χ0) is 22.1. The summed E-state index contributed by atoms with van der Waals surface area (Å²) >= 11 is 1.48. The van der Waals surface area contributed by atoms with Gasteiger partial charge in [0.05, 0.1) is 21.6 Å². The first kappa shape index (κ1) is 20.2. The molecular formula is C25H21N3O3S. The second kappa shape index (κ2) is 8.43. The van der Waals surface area contributed by atoms with Crippen molar-refractivity contribution >= 4 is 49.9 Å². The molecule has 1 aliphatic heterocycles. The van der Waals surface area contributed by atoms with E-state index in [1.807, 2.05) is 79.7 Å². The van der Waals surface area contributed by atoms with Crippen LogP contribution in [-0.4, -0.2) is 29.9 Å². The van der Waals surface area contributed by atoms with Crippen molar-refractivity contribution in [2.24, 2.45) is 0 Å². The fraction of sp³-hybridized carbons (Fsp3) is 0.160. The van der Waals surface area contributed by atoms with Crippen LogP contribution in [0.15, 0.2) is 72.8 Å². The lowest BCUT2D eigenvalue weighted by Crippen LogP contribution is -2.41. The van der Waals surface area contributed by atoms with Gasteiger partial charge in [0.1, 0.15) is 5.75 Å². The van der Waals surface area contributed by atoms with Gasteiger partial charge in [0.2, 0.25) is 5.91 Å². The standard InChI is InChI=1S/C25H21N3O3S/c1-17-8-2-4-10-19(17)28(25-26-18-9-3-7-13-22(18)32-25)23(29)14-15-27-20-11-5-6-12-21(20)31-16-24(27)30/h2-13H,14-16H2,1H3. The van der Waals surface area contributed by atoms with Gasteiger partial charge < -0.3 is 9.64 Å². The number of hydrogen-bond acceptors (Lipinski definition) is 5. The third-order valence-electron chi connectivity index (χ3n) is 5.44. The second-order valence-electron chi connectivity index (χ2n) is 7.53. The number of aromatic nitrogens is 1. The zero-order valence-corrected chi connectivity index (χ0v) is 18.3. The molecule has 7 heteroatoms. The van der Waals surface area contributed by atoms with E-state index in [-0.39, 0.29) is 31.4 Å². The molecule has 5 rings (SSSR count). The molecule has 1 aromatic heterocycles. The number of ether oxygens (including phenoxy) is 1. The average Bonchev–Trinajstić information content (AvgIpc) is 3.23. The third kappa shape index (κ3) is 3.71. The molecule has 32 heavy (non-hydrogen) atoms. The van der Waals surface area contributed by atoms with Crippen LogP contribution in [0.2, 0.25) is 0 Å². The Labute approximate surface area is 189 Å². The van der Waals surface area contributed by atoms with E-state index < -0.39 is 0 Å². The number of benzene rings is 3. The Kier molecular flexibility index (Phi) is 5.33. The summed E-state index contributed by atoms with van der Waals surface area (Å²) in [4.78, 5) is 34.1. The molecule has 2 amide bonds. The minimum absolute atomic E-state index is 0.0232. The first-order valence-electron chi connectivity index (χ1n) is 10.4. The quantitative estimate of drug-likeness (QED) is 0.431. The largest absolute Gasteiger partial charge is 0.482 e. The SMILES string of the molecule is Cc1ccccc1N(C(=O)CCN1C(=O)COc2ccccc21)c1nc2ccccc2s1. The van der Waals surface area contributed by atoms with Gasteiger partial charge in [0.15, 0.2) is 11.7 Å². The number of para-hydroxylation sites is 4. The van der Waals surface area contributed by atoms with E-state index in [2.05, 4.69) is 0 Å². The molecule has 1 aliphatic rings. The highest BCUT2D eigenvalue weighted by molar-refractivity contribution is 7.22. The van der Waals surface area contributed by atoms with Crippen LogP contribution < -0.4 is 14.5 Å². The normalized spacial score (nSPS) is 13.0. The van der Waals surface area contributed by atoms with Crippen LogP contribution in [0.4, 0.5) is 16.5 Å².